The smallest absolute Gasteiger partial charge is 0.160 e. The van der Waals surface area contributed by atoms with Gasteiger partial charge in [-0.3, -0.25) is 4.79 Å². The largest absolute Gasteiger partial charge is 0.305 e. The minimum absolute atomic E-state index is 0. The molecule has 0 aliphatic carbocycles. The van der Waals surface area contributed by atoms with E-state index in [4.69, 9.17) is 0 Å². The van der Waals surface area contributed by atoms with Crippen LogP contribution in [0, 0.1) is 0 Å². The number of hydrogen-bond donors (Lipinski definition) is 2. The second kappa shape index (κ2) is 6.46. The van der Waals surface area contributed by atoms with Gasteiger partial charge < -0.3 is 10.6 Å². The second-order valence-electron chi connectivity index (χ2n) is 5.75. The van der Waals surface area contributed by atoms with Gasteiger partial charge in [-0.15, -0.1) is 12.4 Å². The highest BCUT2D eigenvalue weighted by atomic mass is 35.5. The first kappa shape index (κ1) is 17.3. The molecule has 0 spiro atoms. The van der Waals surface area contributed by atoms with Gasteiger partial charge in [-0.1, -0.05) is 0 Å². The van der Waals surface area contributed by atoms with Gasteiger partial charge in [-0.05, 0) is 41.5 Å². The lowest BCUT2D eigenvalue weighted by Gasteiger charge is -2.22. The van der Waals surface area contributed by atoms with E-state index in [1.807, 2.05) is 0 Å². The summed E-state index contributed by atoms with van der Waals surface area (Å²) in [5, 5.41) is 6.34. The van der Waals surface area contributed by atoms with Gasteiger partial charge in [0.05, 0.1) is 13.1 Å². The van der Waals surface area contributed by atoms with Crippen molar-refractivity contribution in [3.05, 3.63) is 0 Å². The van der Waals surface area contributed by atoms with Crippen LogP contribution in [0.15, 0.2) is 0 Å². The Bertz CT molecular complexity index is 172. The summed E-state index contributed by atoms with van der Waals surface area (Å²) in [6.07, 6.45) is 0. The topological polar surface area (TPSA) is 41.1 Å². The van der Waals surface area contributed by atoms with Crippen LogP contribution in [0.1, 0.15) is 41.5 Å². The first-order chi connectivity index (χ1) is 6.10. The van der Waals surface area contributed by atoms with Crippen LogP contribution in [-0.2, 0) is 4.79 Å². The molecule has 0 aliphatic heterocycles. The van der Waals surface area contributed by atoms with Crippen LogP contribution < -0.4 is 10.6 Å². The molecule has 0 saturated heterocycles. The highest BCUT2D eigenvalue weighted by Crippen LogP contribution is 1.98. The fraction of sp³-hybridized carbons (Fsp3) is 0.909. The second-order valence-corrected chi connectivity index (χ2v) is 5.75. The average Bonchev–Trinajstić information content (AvgIpc) is 1.94. The first-order valence-electron chi connectivity index (χ1n) is 5.12. The Morgan fingerprint density at radius 3 is 1.33 bits per heavy atom. The number of halogens is 1. The SMILES string of the molecule is CC(C)(C)NCC(=O)CNC(C)(C)C.Cl. The van der Waals surface area contributed by atoms with Crippen molar-refractivity contribution in [2.75, 3.05) is 13.1 Å². The third-order valence-electron chi connectivity index (χ3n) is 1.63. The molecule has 0 saturated carbocycles. The van der Waals surface area contributed by atoms with Gasteiger partial charge in [0.2, 0.25) is 0 Å². The van der Waals surface area contributed by atoms with Crippen LogP contribution in [0.4, 0.5) is 0 Å². The van der Waals surface area contributed by atoms with Crippen LogP contribution in [0.2, 0.25) is 0 Å². The predicted molar refractivity (Wildman–Crippen MR) is 67.8 cm³/mol. The standard InChI is InChI=1S/C11H24N2O.ClH/c1-10(2,3)12-7-9(14)8-13-11(4,5)6;/h12-13H,7-8H2,1-6H3;1H. The van der Waals surface area contributed by atoms with Crippen LogP contribution in [0.25, 0.3) is 0 Å². The molecule has 4 heteroatoms. The molecule has 0 fully saturated rings. The van der Waals surface area contributed by atoms with Crippen LogP contribution in [0.5, 0.6) is 0 Å². The van der Waals surface area contributed by atoms with E-state index < -0.39 is 0 Å². The van der Waals surface area contributed by atoms with Gasteiger partial charge in [0.15, 0.2) is 5.78 Å². The summed E-state index contributed by atoms with van der Waals surface area (Å²) in [7, 11) is 0. The van der Waals surface area contributed by atoms with Gasteiger partial charge >= 0.3 is 0 Å². The Labute approximate surface area is 99.8 Å². The zero-order chi connectivity index (χ0) is 11.4. The maximum atomic E-state index is 11.4. The van der Waals surface area contributed by atoms with Crippen molar-refractivity contribution in [1.29, 1.82) is 0 Å². The Morgan fingerprint density at radius 2 is 1.13 bits per heavy atom. The lowest BCUT2D eigenvalue weighted by atomic mass is 10.1. The molecule has 0 atom stereocenters. The minimum atomic E-state index is 0. The molecule has 0 heterocycles. The molecule has 0 aromatic carbocycles. The summed E-state index contributed by atoms with van der Waals surface area (Å²) in [5.41, 5.74) is 0.0226. The number of hydrogen-bond acceptors (Lipinski definition) is 3. The van der Waals surface area contributed by atoms with Crippen molar-refractivity contribution in [2.45, 2.75) is 52.6 Å². The Hall–Kier alpha value is -0.120. The van der Waals surface area contributed by atoms with Crippen molar-refractivity contribution in [3.8, 4) is 0 Å². The average molecular weight is 237 g/mol. The van der Waals surface area contributed by atoms with Crippen LogP contribution in [0.3, 0.4) is 0 Å². The number of ketones is 1. The number of carbonyl (C=O) groups excluding carboxylic acids is 1. The van der Waals surface area contributed by atoms with Crippen molar-refractivity contribution >= 4 is 18.2 Å². The molecule has 92 valence electrons. The molecule has 15 heavy (non-hydrogen) atoms. The quantitative estimate of drug-likeness (QED) is 0.782. The van der Waals surface area contributed by atoms with Crippen molar-refractivity contribution in [2.24, 2.45) is 0 Å². The fourth-order valence-electron chi connectivity index (χ4n) is 0.790. The Kier molecular flexibility index (Phi) is 7.44. The molecule has 0 rings (SSSR count). The Balaban J connectivity index is 0. The van der Waals surface area contributed by atoms with Gasteiger partial charge in [-0.2, -0.15) is 0 Å². The monoisotopic (exact) mass is 236 g/mol. The zero-order valence-electron chi connectivity index (χ0n) is 10.7. The molecule has 2 N–H and O–H groups in total. The summed E-state index contributed by atoms with van der Waals surface area (Å²) in [6.45, 7) is 13.2. The first-order valence-corrected chi connectivity index (χ1v) is 5.12. The third-order valence-corrected chi connectivity index (χ3v) is 1.63. The summed E-state index contributed by atoms with van der Waals surface area (Å²) >= 11 is 0. The number of carbonyl (C=O) groups is 1. The van der Waals surface area contributed by atoms with E-state index in [0.29, 0.717) is 13.1 Å². The number of nitrogens with one attached hydrogen (secondary N) is 2. The highest BCUT2D eigenvalue weighted by Gasteiger charge is 2.14. The van der Waals surface area contributed by atoms with Crippen LogP contribution in [-0.4, -0.2) is 30.0 Å². The van der Waals surface area contributed by atoms with Crippen molar-refractivity contribution < 1.29 is 4.79 Å². The zero-order valence-corrected chi connectivity index (χ0v) is 11.5. The summed E-state index contributed by atoms with van der Waals surface area (Å²) in [6, 6.07) is 0. The van der Waals surface area contributed by atoms with E-state index in [-0.39, 0.29) is 29.3 Å². The van der Waals surface area contributed by atoms with Crippen molar-refractivity contribution in [3.63, 3.8) is 0 Å². The molecular weight excluding hydrogens is 212 g/mol. The molecule has 0 aliphatic rings. The third kappa shape index (κ3) is 13.9. The molecule has 0 aromatic heterocycles. The number of rotatable bonds is 4. The fourth-order valence-corrected chi connectivity index (χ4v) is 0.790. The van der Waals surface area contributed by atoms with Gasteiger partial charge in [0.25, 0.3) is 0 Å². The summed E-state index contributed by atoms with van der Waals surface area (Å²) < 4.78 is 0. The van der Waals surface area contributed by atoms with E-state index in [2.05, 4.69) is 52.2 Å². The van der Waals surface area contributed by atoms with E-state index in [9.17, 15) is 4.79 Å². The highest BCUT2D eigenvalue weighted by molar-refractivity contribution is 5.85. The Morgan fingerprint density at radius 1 is 0.867 bits per heavy atom. The van der Waals surface area contributed by atoms with Crippen molar-refractivity contribution in [1.82, 2.24) is 10.6 Å². The molecule has 0 aromatic rings. The van der Waals surface area contributed by atoms with Gasteiger partial charge in [0, 0.05) is 11.1 Å². The van der Waals surface area contributed by atoms with Crippen LogP contribution >= 0.6 is 12.4 Å². The van der Waals surface area contributed by atoms with Gasteiger partial charge in [-0.25, -0.2) is 0 Å². The predicted octanol–water partition coefficient (Wildman–Crippen LogP) is 1.75. The lowest BCUT2D eigenvalue weighted by molar-refractivity contribution is -0.118. The molecule has 0 amide bonds. The van der Waals surface area contributed by atoms with E-state index in [1.54, 1.807) is 0 Å². The maximum absolute atomic E-state index is 11.4. The summed E-state index contributed by atoms with van der Waals surface area (Å²) in [5.74, 6) is 0.204. The lowest BCUT2D eigenvalue weighted by Crippen LogP contribution is -2.45. The van der Waals surface area contributed by atoms with E-state index in [0.717, 1.165) is 0 Å². The normalized spacial score (nSPS) is 12.1. The molecule has 3 nitrogen and oxygen atoms in total. The maximum Gasteiger partial charge on any atom is 0.160 e. The summed E-state index contributed by atoms with van der Waals surface area (Å²) in [4.78, 5) is 11.4. The molecule has 0 radical (unpaired) electrons. The molecular formula is C11H25ClN2O. The van der Waals surface area contributed by atoms with Gasteiger partial charge in [0.1, 0.15) is 0 Å². The van der Waals surface area contributed by atoms with E-state index in [1.165, 1.54) is 0 Å². The molecule has 0 bridgehead atoms. The van der Waals surface area contributed by atoms with E-state index >= 15 is 0 Å². The number of Topliss-reactive ketones (excluding diaryl/α,β-unsaturated/α-hetero) is 1. The minimum Gasteiger partial charge on any atom is -0.305 e. The molecule has 0 unspecified atom stereocenters.